The number of nitrogens with two attached hydrogens (primary N) is 1. The third-order valence-electron chi connectivity index (χ3n) is 3.23. The highest BCUT2D eigenvalue weighted by atomic mass is 16.7. The van der Waals surface area contributed by atoms with Gasteiger partial charge in [0.15, 0.2) is 0 Å². The summed E-state index contributed by atoms with van der Waals surface area (Å²) >= 11 is 0. The van der Waals surface area contributed by atoms with Crippen LogP contribution in [0.2, 0.25) is 0 Å². The van der Waals surface area contributed by atoms with E-state index in [1.54, 1.807) is 55.6 Å². The largest absolute Gasteiger partial charge is 0.497 e. The number of nitrogens with zero attached hydrogens (tertiary/aromatic N) is 1. The summed E-state index contributed by atoms with van der Waals surface area (Å²) in [5.74, 6) is 0.0577. The van der Waals surface area contributed by atoms with Crippen LogP contribution in [0, 0.1) is 0 Å². The molecule has 2 aromatic rings. The number of carbonyl (C=O) groups is 2. The number of methoxy groups -OCH3 is 1. The minimum atomic E-state index is -0.605. The summed E-state index contributed by atoms with van der Waals surface area (Å²) < 4.78 is 5.02. The van der Waals surface area contributed by atoms with Crippen molar-refractivity contribution >= 4 is 23.4 Å². The molecule has 0 atom stereocenters. The van der Waals surface area contributed by atoms with Gasteiger partial charge in [0.05, 0.1) is 12.7 Å². The average Bonchev–Trinajstić information content (AvgIpc) is 2.61. The molecule has 0 saturated heterocycles. The van der Waals surface area contributed by atoms with Gasteiger partial charge >= 0.3 is 5.97 Å². The quantitative estimate of drug-likeness (QED) is 0.363. The summed E-state index contributed by atoms with van der Waals surface area (Å²) in [6, 6.07) is 13.6. The third-order valence-corrected chi connectivity index (χ3v) is 3.23. The Morgan fingerprint density at radius 2 is 1.72 bits per heavy atom. The maximum Gasteiger partial charge on any atom is 0.365 e. The van der Waals surface area contributed by atoms with Crippen LogP contribution in [-0.4, -0.2) is 24.8 Å². The average molecular weight is 341 g/mol. The lowest BCUT2D eigenvalue weighted by Gasteiger charge is -2.05. The lowest BCUT2D eigenvalue weighted by molar-refractivity contribution is -0.114. The standard InChI is InChI=1S/C18H19N3O4/c1-12(22)20-15-7-3-13(4-8-15)11-17(19)21-25-18(23)14-5-9-16(24-2)10-6-14/h3-10H,11H2,1-2H3,(H2,19,21)(H,20,22). The van der Waals surface area contributed by atoms with Crippen molar-refractivity contribution < 1.29 is 19.2 Å². The van der Waals surface area contributed by atoms with Crippen LogP contribution in [0.15, 0.2) is 53.7 Å². The van der Waals surface area contributed by atoms with Gasteiger partial charge in [-0.25, -0.2) is 4.79 Å². The van der Waals surface area contributed by atoms with E-state index in [-0.39, 0.29) is 11.7 Å². The number of anilines is 1. The molecule has 0 bridgehead atoms. The Kier molecular flexibility index (Phi) is 6.11. The van der Waals surface area contributed by atoms with Crippen LogP contribution in [0.1, 0.15) is 22.8 Å². The van der Waals surface area contributed by atoms with E-state index >= 15 is 0 Å². The number of carbonyl (C=O) groups excluding carboxylic acids is 2. The summed E-state index contributed by atoms with van der Waals surface area (Å²) in [6.07, 6.45) is 0.316. The highest BCUT2D eigenvalue weighted by Crippen LogP contribution is 2.13. The van der Waals surface area contributed by atoms with Crippen molar-refractivity contribution in [2.24, 2.45) is 10.9 Å². The van der Waals surface area contributed by atoms with Gasteiger partial charge in [-0.15, -0.1) is 0 Å². The van der Waals surface area contributed by atoms with Gasteiger partial charge in [-0.1, -0.05) is 17.3 Å². The first-order chi connectivity index (χ1) is 12.0. The van der Waals surface area contributed by atoms with Crippen molar-refractivity contribution in [1.82, 2.24) is 0 Å². The molecule has 0 radical (unpaired) electrons. The van der Waals surface area contributed by atoms with E-state index in [0.29, 0.717) is 23.4 Å². The number of amides is 1. The lowest BCUT2D eigenvalue weighted by Crippen LogP contribution is -2.16. The molecule has 0 aliphatic rings. The maximum absolute atomic E-state index is 11.9. The fourth-order valence-corrected chi connectivity index (χ4v) is 2.03. The zero-order valence-electron chi connectivity index (χ0n) is 14.0. The summed E-state index contributed by atoms with van der Waals surface area (Å²) in [7, 11) is 1.54. The zero-order chi connectivity index (χ0) is 18.2. The second kappa shape index (κ2) is 8.49. The molecule has 0 spiro atoms. The fourth-order valence-electron chi connectivity index (χ4n) is 2.03. The number of hydrogen-bond donors (Lipinski definition) is 2. The summed E-state index contributed by atoms with van der Waals surface area (Å²) in [5.41, 5.74) is 7.69. The van der Waals surface area contributed by atoms with E-state index in [0.717, 1.165) is 5.56 Å². The van der Waals surface area contributed by atoms with Crippen molar-refractivity contribution in [3.05, 3.63) is 59.7 Å². The Labute approximate surface area is 145 Å². The van der Waals surface area contributed by atoms with Crippen LogP contribution in [0.3, 0.4) is 0 Å². The molecule has 130 valence electrons. The molecule has 25 heavy (non-hydrogen) atoms. The van der Waals surface area contributed by atoms with Gasteiger partial charge < -0.3 is 20.6 Å². The van der Waals surface area contributed by atoms with Gasteiger partial charge in [0.2, 0.25) is 5.91 Å². The van der Waals surface area contributed by atoms with Crippen LogP contribution in [0.25, 0.3) is 0 Å². The predicted octanol–water partition coefficient (Wildman–Crippen LogP) is 2.33. The van der Waals surface area contributed by atoms with Crippen molar-refractivity contribution in [3.8, 4) is 5.75 Å². The second-order valence-electron chi connectivity index (χ2n) is 5.24. The van der Waals surface area contributed by atoms with Crippen LogP contribution in [0.4, 0.5) is 5.69 Å². The normalized spacial score (nSPS) is 10.9. The molecule has 0 saturated carbocycles. The Morgan fingerprint density at radius 3 is 2.28 bits per heavy atom. The van der Waals surface area contributed by atoms with Gasteiger partial charge in [-0.05, 0) is 42.0 Å². The number of amidine groups is 1. The molecule has 0 unspecified atom stereocenters. The minimum absolute atomic E-state index is 0.140. The number of oxime groups is 1. The topological polar surface area (TPSA) is 103 Å². The van der Waals surface area contributed by atoms with Gasteiger partial charge in [0.25, 0.3) is 0 Å². The van der Waals surface area contributed by atoms with E-state index in [2.05, 4.69) is 10.5 Å². The fraction of sp³-hybridized carbons (Fsp3) is 0.167. The molecule has 2 rings (SSSR count). The molecule has 7 nitrogen and oxygen atoms in total. The van der Waals surface area contributed by atoms with Gasteiger partial charge in [-0.3, -0.25) is 4.79 Å². The number of nitrogens with one attached hydrogen (secondary N) is 1. The van der Waals surface area contributed by atoms with E-state index in [4.69, 9.17) is 15.3 Å². The van der Waals surface area contributed by atoms with Gasteiger partial charge in [-0.2, -0.15) is 0 Å². The van der Waals surface area contributed by atoms with Crippen molar-refractivity contribution in [2.45, 2.75) is 13.3 Å². The molecule has 7 heteroatoms. The molecule has 0 aliphatic carbocycles. The number of ether oxygens (including phenoxy) is 1. The summed E-state index contributed by atoms with van der Waals surface area (Å²) in [5, 5.41) is 6.33. The predicted molar refractivity (Wildman–Crippen MR) is 94.5 cm³/mol. The first-order valence-electron chi connectivity index (χ1n) is 7.52. The van der Waals surface area contributed by atoms with Crippen molar-refractivity contribution in [1.29, 1.82) is 0 Å². The summed E-state index contributed by atoms with van der Waals surface area (Å²) in [6.45, 7) is 1.44. The second-order valence-corrected chi connectivity index (χ2v) is 5.24. The number of hydrogen-bond acceptors (Lipinski definition) is 5. The van der Waals surface area contributed by atoms with Crippen LogP contribution in [0.5, 0.6) is 5.75 Å². The van der Waals surface area contributed by atoms with Gasteiger partial charge in [0, 0.05) is 19.0 Å². The van der Waals surface area contributed by atoms with Crippen LogP contribution < -0.4 is 15.8 Å². The van der Waals surface area contributed by atoms with Crippen molar-refractivity contribution in [2.75, 3.05) is 12.4 Å². The lowest BCUT2D eigenvalue weighted by atomic mass is 10.1. The summed E-state index contributed by atoms with van der Waals surface area (Å²) in [4.78, 5) is 27.7. The molecule has 0 aliphatic heterocycles. The highest BCUT2D eigenvalue weighted by molar-refractivity contribution is 5.91. The Hall–Kier alpha value is -3.35. The van der Waals surface area contributed by atoms with Crippen LogP contribution >= 0.6 is 0 Å². The molecule has 0 aromatic heterocycles. The molecule has 0 fully saturated rings. The minimum Gasteiger partial charge on any atom is -0.497 e. The van der Waals surface area contributed by atoms with E-state index in [9.17, 15) is 9.59 Å². The molecule has 3 N–H and O–H groups in total. The molecular weight excluding hydrogens is 322 g/mol. The smallest absolute Gasteiger partial charge is 0.365 e. The van der Waals surface area contributed by atoms with E-state index < -0.39 is 5.97 Å². The molecule has 0 heterocycles. The van der Waals surface area contributed by atoms with Gasteiger partial charge in [0.1, 0.15) is 11.6 Å². The molecular formula is C18H19N3O4. The monoisotopic (exact) mass is 341 g/mol. The molecule has 2 aromatic carbocycles. The SMILES string of the molecule is COc1ccc(C(=O)O/N=C(/N)Cc2ccc(NC(C)=O)cc2)cc1. The molecule has 1 amide bonds. The van der Waals surface area contributed by atoms with Crippen molar-refractivity contribution in [3.63, 3.8) is 0 Å². The Balaban J connectivity index is 1.92. The Bertz CT molecular complexity index is 768. The third kappa shape index (κ3) is 5.65. The maximum atomic E-state index is 11.9. The highest BCUT2D eigenvalue weighted by Gasteiger charge is 2.08. The number of benzene rings is 2. The first-order valence-corrected chi connectivity index (χ1v) is 7.52. The van der Waals surface area contributed by atoms with Crippen LogP contribution in [-0.2, 0) is 16.1 Å². The zero-order valence-corrected chi connectivity index (χ0v) is 14.0. The Morgan fingerprint density at radius 1 is 1.08 bits per heavy atom. The number of rotatable bonds is 6. The van der Waals surface area contributed by atoms with E-state index in [1.165, 1.54) is 6.92 Å². The first kappa shape index (κ1) is 18.0. The van der Waals surface area contributed by atoms with E-state index in [1.807, 2.05) is 0 Å².